The number of nitrogens with zero attached hydrogens (tertiary/aromatic N) is 2. The van der Waals surface area contributed by atoms with Crippen molar-refractivity contribution in [2.45, 2.75) is 39.5 Å². The van der Waals surface area contributed by atoms with Crippen molar-refractivity contribution in [1.82, 2.24) is 19.9 Å². The molecule has 0 saturated carbocycles. The van der Waals surface area contributed by atoms with Crippen molar-refractivity contribution in [3.63, 3.8) is 0 Å². The van der Waals surface area contributed by atoms with Crippen LogP contribution in [-0.2, 0) is 0 Å². The topological polar surface area (TPSA) is 91.5 Å². The Kier molecular flexibility index (Phi) is 3.02. The molecule has 0 aliphatic rings. The molecule has 2 rings (SSSR count). The lowest BCUT2D eigenvalue weighted by atomic mass is 10.1. The Morgan fingerprint density at radius 2 is 1.61 bits per heavy atom. The largest absolute Gasteiger partial charge is 0.327 e. The van der Waals surface area contributed by atoms with Crippen molar-refractivity contribution >= 4 is 11.0 Å². The summed E-state index contributed by atoms with van der Waals surface area (Å²) in [6.45, 7) is 7.85. The molecule has 0 atom stereocenters. The molecule has 2 N–H and O–H groups in total. The van der Waals surface area contributed by atoms with Crippen LogP contribution >= 0.6 is 0 Å². The van der Waals surface area contributed by atoms with E-state index >= 15 is 0 Å². The molecular weight excluding hydrogens is 232 g/mol. The zero-order valence-electron chi connectivity index (χ0n) is 10.9. The Balaban J connectivity index is 2.94. The van der Waals surface area contributed by atoms with E-state index in [1.165, 1.54) is 0 Å². The van der Waals surface area contributed by atoms with Crippen LogP contribution in [0.4, 0.5) is 0 Å². The van der Waals surface area contributed by atoms with E-state index in [0.29, 0.717) is 22.6 Å². The summed E-state index contributed by atoms with van der Waals surface area (Å²) in [5.41, 5.74) is -0.00396. The fourth-order valence-corrected chi connectivity index (χ4v) is 1.79. The Morgan fingerprint density at radius 3 is 2.17 bits per heavy atom. The fourth-order valence-electron chi connectivity index (χ4n) is 1.79. The van der Waals surface area contributed by atoms with E-state index in [0.717, 1.165) is 0 Å². The normalized spacial score (nSPS) is 11.7. The molecule has 2 aromatic heterocycles. The molecule has 0 saturated heterocycles. The van der Waals surface area contributed by atoms with Crippen LogP contribution in [0.15, 0.2) is 9.59 Å². The van der Waals surface area contributed by atoms with Crippen LogP contribution in [-0.4, -0.2) is 19.9 Å². The smallest absolute Gasteiger partial charge is 0.291 e. The summed E-state index contributed by atoms with van der Waals surface area (Å²) in [4.78, 5) is 36.6. The molecule has 0 fully saturated rings. The van der Waals surface area contributed by atoms with Gasteiger partial charge in [0.2, 0.25) is 0 Å². The SMILES string of the molecule is CC(C)c1nc(C(C)C)c2c(=O)[nH]c(=O)[nH]c2n1. The lowest BCUT2D eigenvalue weighted by Crippen LogP contribution is -2.24. The van der Waals surface area contributed by atoms with Gasteiger partial charge >= 0.3 is 5.69 Å². The van der Waals surface area contributed by atoms with E-state index < -0.39 is 11.2 Å². The van der Waals surface area contributed by atoms with E-state index in [1.807, 2.05) is 27.7 Å². The molecule has 0 radical (unpaired) electrons. The number of rotatable bonds is 2. The van der Waals surface area contributed by atoms with Crippen molar-refractivity contribution in [3.8, 4) is 0 Å². The van der Waals surface area contributed by atoms with Gasteiger partial charge in [-0.1, -0.05) is 27.7 Å². The highest BCUT2D eigenvalue weighted by Gasteiger charge is 2.16. The molecule has 0 spiro atoms. The molecule has 2 heterocycles. The molecule has 0 unspecified atom stereocenters. The Bertz CT molecular complexity index is 697. The zero-order chi connectivity index (χ0) is 13.4. The van der Waals surface area contributed by atoms with Crippen molar-refractivity contribution in [1.29, 1.82) is 0 Å². The van der Waals surface area contributed by atoms with Crippen molar-refractivity contribution in [2.24, 2.45) is 0 Å². The molecule has 0 aliphatic carbocycles. The lowest BCUT2D eigenvalue weighted by Gasteiger charge is -2.11. The van der Waals surface area contributed by atoms with Crippen molar-refractivity contribution in [3.05, 3.63) is 32.4 Å². The van der Waals surface area contributed by atoms with Crippen LogP contribution in [0.3, 0.4) is 0 Å². The Morgan fingerprint density at radius 1 is 0.944 bits per heavy atom. The molecule has 0 amide bonds. The first-order chi connectivity index (χ1) is 8.40. The van der Waals surface area contributed by atoms with Crippen LogP contribution in [0.2, 0.25) is 0 Å². The maximum absolute atomic E-state index is 11.9. The van der Waals surface area contributed by atoms with Gasteiger partial charge in [-0.3, -0.25) is 14.8 Å². The molecule has 18 heavy (non-hydrogen) atoms. The number of aromatic amines is 2. The summed E-state index contributed by atoms with van der Waals surface area (Å²) >= 11 is 0. The first kappa shape index (κ1) is 12.5. The summed E-state index contributed by atoms with van der Waals surface area (Å²) in [6, 6.07) is 0. The van der Waals surface area contributed by atoms with Gasteiger partial charge < -0.3 is 0 Å². The van der Waals surface area contributed by atoms with Gasteiger partial charge in [0.25, 0.3) is 5.56 Å². The van der Waals surface area contributed by atoms with E-state index in [1.54, 1.807) is 0 Å². The third-order valence-corrected chi connectivity index (χ3v) is 2.70. The molecule has 0 aromatic carbocycles. The number of hydrogen-bond acceptors (Lipinski definition) is 4. The monoisotopic (exact) mass is 248 g/mol. The predicted molar refractivity (Wildman–Crippen MR) is 69.0 cm³/mol. The molecule has 96 valence electrons. The maximum atomic E-state index is 11.9. The van der Waals surface area contributed by atoms with Gasteiger partial charge in [0.1, 0.15) is 11.2 Å². The van der Waals surface area contributed by atoms with E-state index in [-0.39, 0.29) is 11.8 Å². The third kappa shape index (κ3) is 2.05. The second-order valence-electron chi connectivity index (χ2n) is 4.91. The quantitative estimate of drug-likeness (QED) is 0.836. The van der Waals surface area contributed by atoms with Crippen molar-refractivity contribution in [2.75, 3.05) is 0 Å². The molecule has 6 nitrogen and oxygen atoms in total. The number of fused-ring (bicyclic) bond motifs is 1. The lowest BCUT2D eigenvalue weighted by molar-refractivity contribution is 0.738. The van der Waals surface area contributed by atoms with Gasteiger partial charge in [0.15, 0.2) is 5.65 Å². The average molecular weight is 248 g/mol. The minimum atomic E-state index is -0.546. The van der Waals surface area contributed by atoms with E-state index in [9.17, 15) is 9.59 Å². The zero-order valence-corrected chi connectivity index (χ0v) is 10.9. The van der Waals surface area contributed by atoms with Gasteiger partial charge in [-0.2, -0.15) is 0 Å². The van der Waals surface area contributed by atoms with Crippen LogP contribution in [0.25, 0.3) is 11.0 Å². The molecule has 2 aromatic rings. The second-order valence-corrected chi connectivity index (χ2v) is 4.91. The minimum Gasteiger partial charge on any atom is -0.291 e. The highest BCUT2D eigenvalue weighted by atomic mass is 16.2. The predicted octanol–water partition coefficient (Wildman–Crippen LogP) is 1.25. The highest BCUT2D eigenvalue weighted by molar-refractivity contribution is 5.76. The van der Waals surface area contributed by atoms with Crippen LogP contribution in [0.1, 0.15) is 51.0 Å². The number of hydrogen-bond donors (Lipinski definition) is 2. The number of H-pyrrole nitrogens is 2. The summed E-state index contributed by atoms with van der Waals surface area (Å²) in [7, 11) is 0. The Hall–Kier alpha value is -1.98. The summed E-state index contributed by atoms with van der Waals surface area (Å²) in [5.74, 6) is 0.849. The van der Waals surface area contributed by atoms with Gasteiger partial charge in [-0.15, -0.1) is 0 Å². The molecule has 0 aliphatic heterocycles. The van der Waals surface area contributed by atoms with Gasteiger partial charge in [0, 0.05) is 5.92 Å². The number of nitrogens with one attached hydrogen (secondary N) is 2. The fraction of sp³-hybridized carbons (Fsp3) is 0.500. The first-order valence-corrected chi connectivity index (χ1v) is 5.94. The Labute approximate surface area is 104 Å². The first-order valence-electron chi connectivity index (χ1n) is 5.94. The highest BCUT2D eigenvalue weighted by Crippen LogP contribution is 2.20. The summed E-state index contributed by atoms with van der Waals surface area (Å²) in [5, 5.41) is 0.369. The molecule has 0 bridgehead atoms. The van der Waals surface area contributed by atoms with E-state index in [2.05, 4.69) is 19.9 Å². The van der Waals surface area contributed by atoms with Crippen LogP contribution in [0, 0.1) is 0 Å². The second kappa shape index (κ2) is 4.36. The standard InChI is InChI=1S/C12H16N4O2/c1-5(2)8-7-10(14-9(13-8)6(3)4)15-12(18)16-11(7)17/h5-6H,1-4H3,(H2,13,14,15,16,17,18). The number of aromatic nitrogens is 4. The minimum absolute atomic E-state index is 0.0833. The van der Waals surface area contributed by atoms with Crippen LogP contribution < -0.4 is 11.2 Å². The summed E-state index contributed by atoms with van der Waals surface area (Å²) in [6.07, 6.45) is 0. The van der Waals surface area contributed by atoms with E-state index in [4.69, 9.17) is 0 Å². The molecule has 6 heteroatoms. The van der Waals surface area contributed by atoms with Gasteiger partial charge in [-0.05, 0) is 5.92 Å². The summed E-state index contributed by atoms with van der Waals surface area (Å²) < 4.78 is 0. The van der Waals surface area contributed by atoms with Crippen LogP contribution in [0.5, 0.6) is 0 Å². The van der Waals surface area contributed by atoms with Gasteiger partial charge in [-0.25, -0.2) is 14.8 Å². The van der Waals surface area contributed by atoms with Gasteiger partial charge in [0.05, 0.1) is 5.69 Å². The maximum Gasteiger partial charge on any atom is 0.327 e. The van der Waals surface area contributed by atoms with Crippen molar-refractivity contribution < 1.29 is 0 Å². The third-order valence-electron chi connectivity index (χ3n) is 2.70. The molecular formula is C12H16N4O2. The average Bonchev–Trinajstić information content (AvgIpc) is 2.26.